The van der Waals surface area contributed by atoms with Gasteiger partial charge in [-0.05, 0) is 48.4 Å². The van der Waals surface area contributed by atoms with Crippen molar-refractivity contribution < 1.29 is 16.5 Å². The third-order valence-corrected chi connectivity index (χ3v) is 31.6. The van der Waals surface area contributed by atoms with E-state index in [0.717, 1.165) is 48.4 Å². The van der Waals surface area contributed by atoms with E-state index in [1.165, 1.54) is 154 Å². The Labute approximate surface area is 307 Å². The van der Waals surface area contributed by atoms with Crippen molar-refractivity contribution in [2.24, 2.45) is 0 Å². The first kappa shape index (κ1) is 46.7. The topological polar surface area (TPSA) is 36.9 Å². The first-order valence-corrected chi connectivity index (χ1v) is 31.0. The Hall–Kier alpha value is 0.708. The van der Waals surface area contributed by atoms with Gasteiger partial charge in [-0.25, -0.2) is 0 Å². The van der Waals surface area contributed by atoms with Gasteiger partial charge < -0.3 is 16.5 Å². The summed E-state index contributed by atoms with van der Waals surface area (Å²) in [6, 6.07) is 9.25. The van der Waals surface area contributed by atoms with Crippen LogP contribution in [0.3, 0.4) is 0 Å². The third kappa shape index (κ3) is 18.5. The molecule has 0 unspecified atom stereocenters. The SMILES string of the molecule is CCCCC[Si]1(CCCCC)O[Si](CCCCC)(CCCCC)O[Si](CCCCC)(CCCCC)O[Si](CCCCC)(CCCCC)O1. The lowest BCUT2D eigenvalue weighted by Crippen LogP contribution is -2.70. The average Bonchev–Trinajstić information content (AvgIpc) is 3.05. The maximum Gasteiger partial charge on any atom is 0.320 e. The van der Waals surface area contributed by atoms with E-state index in [4.69, 9.17) is 16.5 Å². The summed E-state index contributed by atoms with van der Waals surface area (Å²) < 4.78 is 32.8. The van der Waals surface area contributed by atoms with E-state index in [-0.39, 0.29) is 0 Å². The monoisotopic (exact) mass is 745 g/mol. The smallest absolute Gasteiger partial charge is 0.320 e. The van der Waals surface area contributed by atoms with Gasteiger partial charge in [-0.2, -0.15) is 0 Å². The summed E-state index contributed by atoms with van der Waals surface area (Å²) >= 11 is 0. The lowest BCUT2D eigenvalue weighted by molar-refractivity contribution is 0.202. The summed E-state index contributed by atoms with van der Waals surface area (Å²) in [5.41, 5.74) is 0. The van der Waals surface area contributed by atoms with Crippen LogP contribution >= 0.6 is 0 Å². The summed E-state index contributed by atoms with van der Waals surface area (Å²) in [4.78, 5) is 0. The highest BCUT2D eigenvalue weighted by Crippen LogP contribution is 2.46. The third-order valence-electron chi connectivity index (χ3n) is 10.8. The number of hydrogen-bond donors (Lipinski definition) is 0. The minimum Gasteiger partial charge on any atom is -0.415 e. The highest BCUT2D eigenvalue weighted by atomic mass is 28.5. The molecule has 0 aromatic heterocycles. The summed E-state index contributed by atoms with van der Waals surface area (Å²) in [5, 5.41) is 0. The molecular weight excluding hydrogens is 657 g/mol. The maximum atomic E-state index is 8.21. The summed E-state index contributed by atoms with van der Waals surface area (Å²) in [6.07, 6.45) is 30.2. The van der Waals surface area contributed by atoms with Gasteiger partial charge in [-0.15, -0.1) is 0 Å². The molecule has 0 amide bonds. The predicted octanol–water partition coefficient (Wildman–Crippen LogP) is 15.4. The van der Waals surface area contributed by atoms with Gasteiger partial charge in [-0.1, -0.05) is 209 Å². The number of rotatable bonds is 32. The Bertz CT molecular complexity index is 564. The van der Waals surface area contributed by atoms with Gasteiger partial charge in [0.1, 0.15) is 0 Å². The van der Waals surface area contributed by atoms with Gasteiger partial charge >= 0.3 is 34.2 Å². The van der Waals surface area contributed by atoms with Crippen molar-refractivity contribution in [3.05, 3.63) is 0 Å². The lowest BCUT2D eigenvalue weighted by atomic mass is 10.3. The van der Waals surface area contributed by atoms with Crippen LogP contribution in [0.15, 0.2) is 0 Å². The molecule has 0 N–H and O–H groups in total. The molecule has 1 fully saturated rings. The molecule has 0 radical (unpaired) electrons. The zero-order chi connectivity index (χ0) is 35.5. The van der Waals surface area contributed by atoms with Gasteiger partial charge in [0.25, 0.3) is 0 Å². The molecule has 0 aromatic carbocycles. The molecule has 1 aliphatic heterocycles. The second-order valence-corrected chi connectivity index (χ2v) is 30.3. The largest absolute Gasteiger partial charge is 0.415 e. The normalized spacial score (nSPS) is 18.5. The van der Waals surface area contributed by atoms with Crippen molar-refractivity contribution in [1.29, 1.82) is 0 Å². The van der Waals surface area contributed by atoms with Gasteiger partial charge in [0.2, 0.25) is 0 Å². The summed E-state index contributed by atoms with van der Waals surface area (Å²) in [6.45, 7) is 18.8. The molecule has 1 rings (SSSR count). The highest BCUT2D eigenvalue weighted by molar-refractivity contribution is 6.95. The van der Waals surface area contributed by atoms with Crippen molar-refractivity contribution in [3.8, 4) is 0 Å². The van der Waals surface area contributed by atoms with E-state index in [0.29, 0.717) is 0 Å². The van der Waals surface area contributed by atoms with Crippen LogP contribution in [0.25, 0.3) is 0 Å². The molecule has 1 aliphatic rings. The van der Waals surface area contributed by atoms with Crippen LogP contribution in [0, 0.1) is 0 Å². The van der Waals surface area contributed by atoms with Gasteiger partial charge in [-0.3, -0.25) is 0 Å². The van der Waals surface area contributed by atoms with E-state index in [2.05, 4.69) is 55.4 Å². The molecule has 0 atom stereocenters. The van der Waals surface area contributed by atoms with Crippen molar-refractivity contribution in [1.82, 2.24) is 0 Å². The molecule has 8 heteroatoms. The molecule has 0 bridgehead atoms. The maximum absolute atomic E-state index is 8.21. The van der Waals surface area contributed by atoms with Gasteiger partial charge in [0.05, 0.1) is 0 Å². The first-order chi connectivity index (χ1) is 23.3. The van der Waals surface area contributed by atoms with Crippen LogP contribution in [0.1, 0.15) is 209 Å². The highest BCUT2D eigenvalue weighted by Gasteiger charge is 2.61. The Morgan fingerprint density at radius 3 is 0.438 bits per heavy atom. The molecule has 48 heavy (non-hydrogen) atoms. The molecule has 1 saturated heterocycles. The Morgan fingerprint density at radius 1 is 0.208 bits per heavy atom. The van der Waals surface area contributed by atoms with Gasteiger partial charge in [0.15, 0.2) is 0 Å². The van der Waals surface area contributed by atoms with E-state index in [1.807, 2.05) is 0 Å². The minimum atomic E-state index is -2.59. The van der Waals surface area contributed by atoms with Crippen molar-refractivity contribution in [2.75, 3.05) is 0 Å². The fraction of sp³-hybridized carbons (Fsp3) is 1.00. The number of unbranched alkanes of at least 4 members (excludes halogenated alkanes) is 16. The summed E-state index contributed by atoms with van der Waals surface area (Å²) in [5.74, 6) is 0. The molecule has 0 spiro atoms. The van der Waals surface area contributed by atoms with E-state index in [9.17, 15) is 0 Å². The van der Waals surface area contributed by atoms with Crippen LogP contribution < -0.4 is 0 Å². The van der Waals surface area contributed by atoms with Gasteiger partial charge in [0, 0.05) is 0 Å². The Balaban J connectivity index is 4.04. The summed E-state index contributed by atoms with van der Waals surface area (Å²) in [7, 11) is -10.4. The minimum absolute atomic E-state index is 1.16. The lowest BCUT2D eigenvalue weighted by Gasteiger charge is -2.54. The van der Waals surface area contributed by atoms with E-state index < -0.39 is 34.2 Å². The molecule has 0 saturated carbocycles. The van der Waals surface area contributed by atoms with E-state index in [1.54, 1.807) is 0 Å². The molecule has 0 aromatic rings. The molecule has 288 valence electrons. The fourth-order valence-electron chi connectivity index (χ4n) is 7.91. The quantitative estimate of drug-likeness (QED) is 0.0508. The average molecular weight is 745 g/mol. The van der Waals surface area contributed by atoms with Crippen LogP contribution in [0.2, 0.25) is 48.4 Å². The zero-order valence-corrected chi connectivity index (χ0v) is 38.3. The second-order valence-electron chi connectivity index (χ2n) is 15.7. The molecule has 0 aliphatic carbocycles. The van der Waals surface area contributed by atoms with Crippen molar-refractivity contribution >= 4 is 34.2 Å². The first-order valence-electron chi connectivity index (χ1n) is 22.1. The predicted molar refractivity (Wildman–Crippen MR) is 222 cm³/mol. The van der Waals surface area contributed by atoms with E-state index >= 15 is 0 Å². The second kappa shape index (κ2) is 28.2. The van der Waals surface area contributed by atoms with Crippen LogP contribution in [0.4, 0.5) is 0 Å². The Morgan fingerprint density at radius 2 is 0.333 bits per heavy atom. The molecular formula is C40H88O4Si4. The zero-order valence-electron chi connectivity index (χ0n) is 34.3. The van der Waals surface area contributed by atoms with Crippen LogP contribution in [-0.4, -0.2) is 34.2 Å². The van der Waals surface area contributed by atoms with Crippen molar-refractivity contribution in [3.63, 3.8) is 0 Å². The molecule has 4 nitrogen and oxygen atoms in total. The fourth-order valence-corrected chi connectivity index (χ4v) is 34.8. The molecule has 1 heterocycles. The van der Waals surface area contributed by atoms with Crippen LogP contribution in [0.5, 0.6) is 0 Å². The van der Waals surface area contributed by atoms with Crippen molar-refractivity contribution in [2.45, 2.75) is 258 Å². The Kier molecular flexibility index (Phi) is 27.5. The standard InChI is InChI=1S/C40H88O4Si4/c1-9-17-25-33-45(34-26-18-10-2)41-46(35-27-19-11-3,36-28-20-12-4)43-48(39-31-23-15-7,40-32-24-16-8)44-47(42-45,37-29-21-13-5)38-30-22-14-6/h9-40H2,1-8H3. The van der Waals surface area contributed by atoms with Crippen LogP contribution in [-0.2, 0) is 16.5 Å². The number of hydrogen-bond acceptors (Lipinski definition) is 4.